The molecule has 1 atom stereocenters. The van der Waals surface area contributed by atoms with Crippen LogP contribution in [0.25, 0.3) is 0 Å². The number of likely N-dealkylation sites (tertiary alicyclic amines) is 1. The van der Waals surface area contributed by atoms with Gasteiger partial charge in [-0.15, -0.1) is 0 Å². The first kappa shape index (κ1) is 18.4. The number of carbonyl (C=O) groups is 1. The van der Waals surface area contributed by atoms with E-state index in [9.17, 15) is 4.79 Å². The Kier molecular flexibility index (Phi) is 6.12. The summed E-state index contributed by atoms with van der Waals surface area (Å²) in [7, 11) is 0. The fourth-order valence-electron chi connectivity index (χ4n) is 3.41. The number of nitrogens with one attached hydrogen (secondary N) is 1. The van der Waals surface area contributed by atoms with Crippen LogP contribution in [0.5, 0.6) is 0 Å². The van der Waals surface area contributed by atoms with Crippen LogP contribution in [0.15, 0.2) is 42.5 Å². The SMILES string of the molecule is Cc1cc(I)ccc1NC(=O)c1ccc(CN2CCC[C@@H](C)C2)cc1. The molecule has 1 aliphatic rings. The highest BCUT2D eigenvalue weighted by Gasteiger charge is 2.16. The van der Waals surface area contributed by atoms with Gasteiger partial charge in [0.2, 0.25) is 0 Å². The third kappa shape index (κ3) is 5.05. The standard InChI is InChI=1S/C21H25IN2O/c1-15-4-3-11-24(13-15)14-17-5-7-18(8-6-17)21(25)23-20-10-9-19(22)12-16(20)2/h5-10,12,15H,3-4,11,13-14H2,1-2H3,(H,23,25)/t15-/m1/s1. The monoisotopic (exact) mass is 448 g/mol. The van der Waals surface area contributed by atoms with Gasteiger partial charge in [-0.1, -0.05) is 19.1 Å². The molecule has 1 aliphatic heterocycles. The molecule has 0 bridgehead atoms. The molecule has 1 saturated heterocycles. The molecule has 25 heavy (non-hydrogen) atoms. The fraction of sp³-hybridized carbons (Fsp3) is 0.381. The van der Waals surface area contributed by atoms with Gasteiger partial charge in [0.25, 0.3) is 5.91 Å². The molecule has 0 saturated carbocycles. The highest BCUT2D eigenvalue weighted by atomic mass is 127. The molecule has 0 spiro atoms. The summed E-state index contributed by atoms with van der Waals surface area (Å²) in [6.45, 7) is 7.67. The molecule has 0 aromatic heterocycles. The van der Waals surface area contributed by atoms with E-state index in [1.807, 2.05) is 31.2 Å². The number of piperidine rings is 1. The van der Waals surface area contributed by atoms with Crippen molar-refractivity contribution in [1.29, 1.82) is 0 Å². The number of carbonyl (C=O) groups excluding carboxylic acids is 1. The molecule has 2 aromatic rings. The van der Waals surface area contributed by atoms with Gasteiger partial charge in [0.05, 0.1) is 0 Å². The Labute approximate surface area is 164 Å². The summed E-state index contributed by atoms with van der Waals surface area (Å²) in [5, 5.41) is 3.01. The van der Waals surface area contributed by atoms with E-state index in [0.717, 1.165) is 23.7 Å². The lowest BCUT2D eigenvalue weighted by Gasteiger charge is -2.30. The van der Waals surface area contributed by atoms with Crippen molar-refractivity contribution in [2.45, 2.75) is 33.2 Å². The molecular formula is C21H25IN2O. The number of benzene rings is 2. The number of nitrogens with zero attached hydrogens (tertiary/aromatic N) is 1. The van der Waals surface area contributed by atoms with Gasteiger partial charge in [-0.3, -0.25) is 9.69 Å². The summed E-state index contributed by atoms with van der Waals surface area (Å²) in [6, 6.07) is 14.1. The molecule has 0 radical (unpaired) electrons. The minimum Gasteiger partial charge on any atom is -0.322 e. The van der Waals surface area contributed by atoms with Crippen molar-refractivity contribution >= 4 is 34.2 Å². The van der Waals surface area contributed by atoms with Gasteiger partial charge in [-0.05, 0) is 96.3 Å². The van der Waals surface area contributed by atoms with Crippen molar-refractivity contribution in [3.63, 3.8) is 0 Å². The van der Waals surface area contributed by atoms with Crippen molar-refractivity contribution < 1.29 is 4.79 Å². The van der Waals surface area contributed by atoms with E-state index in [1.54, 1.807) is 0 Å². The van der Waals surface area contributed by atoms with Gasteiger partial charge in [0.1, 0.15) is 0 Å². The quantitative estimate of drug-likeness (QED) is 0.662. The predicted octanol–water partition coefficient (Wildman–Crippen LogP) is 5.08. The maximum absolute atomic E-state index is 12.5. The third-order valence-electron chi connectivity index (χ3n) is 4.80. The second kappa shape index (κ2) is 8.32. The van der Waals surface area contributed by atoms with E-state index in [-0.39, 0.29) is 5.91 Å². The smallest absolute Gasteiger partial charge is 0.255 e. The maximum atomic E-state index is 12.5. The van der Waals surface area contributed by atoms with Gasteiger partial charge < -0.3 is 5.32 Å². The minimum absolute atomic E-state index is 0.0533. The van der Waals surface area contributed by atoms with E-state index in [1.165, 1.54) is 35.1 Å². The van der Waals surface area contributed by atoms with Crippen LogP contribution in [-0.4, -0.2) is 23.9 Å². The lowest BCUT2D eigenvalue weighted by Crippen LogP contribution is -2.33. The van der Waals surface area contributed by atoms with Crippen LogP contribution in [0.1, 0.15) is 41.3 Å². The minimum atomic E-state index is -0.0533. The average molecular weight is 448 g/mol. The molecule has 1 heterocycles. The molecule has 4 heteroatoms. The molecule has 2 aromatic carbocycles. The van der Waals surface area contributed by atoms with Crippen molar-refractivity contribution in [3.8, 4) is 0 Å². The summed E-state index contributed by atoms with van der Waals surface area (Å²) in [5.41, 5.74) is 3.93. The number of hydrogen-bond acceptors (Lipinski definition) is 2. The van der Waals surface area contributed by atoms with E-state index < -0.39 is 0 Å². The highest BCUT2D eigenvalue weighted by molar-refractivity contribution is 14.1. The van der Waals surface area contributed by atoms with Gasteiger partial charge in [-0.2, -0.15) is 0 Å². The van der Waals surface area contributed by atoms with Crippen LogP contribution in [0.3, 0.4) is 0 Å². The Morgan fingerprint density at radius 1 is 1.24 bits per heavy atom. The Morgan fingerprint density at radius 2 is 2.00 bits per heavy atom. The zero-order valence-corrected chi connectivity index (χ0v) is 17.0. The summed E-state index contributed by atoms with van der Waals surface area (Å²) in [6.07, 6.45) is 2.63. The number of anilines is 1. The maximum Gasteiger partial charge on any atom is 0.255 e. The molecular weight excluding hydrogens is 423 g/mol. The zero-order valence-electron chi connectivity index (χ0n) is 14.9. The summed E-state index contributed by atoms with van der Waals surface area (Å²) >= 11 is 2.28. The van der Waals surface area contributed by atoms with Gasteiger partial charge in [0.15, 0.2) is 0 Å². The highest BCUT2D eigenvalue weighted by Crippen LogP contribution is 2.20. The van der Waals surface area contributed by atoms with Crippen LogP contribution in [0.2, 0.25) is 0 Å². The number of aryl methyl sites for hydroxylation is 1. The first-order valence-electron chi connectivity index (χ1n) is 8.90. The Morgan fingerprint density at radius 3 is 2.68 bits per heavy atom. The van der Waals surface area contributed by atoms with E-state index in [2.05, 4.69) is 57.9 Å². The van der Waals surface area contributed by atoms with Crippen molar-refractivity contribution in [2.75, 3.05) is 18.4 Å². The van der Waals surface area contributed by atoms with E-state index in [0.29, 0.717) is 5.56 Å². The van der Waals surface area contributed by atoms with Crippen LogP contribution >= 0.6 is 22.6 Å². The zero-order chi connectivity index (χ0) is 17.8. The summed E-state index contributed by atoms with van der Waals surface area (Å²) in [5.74, 6) is 0.735. The van der Waals surface area contributed by atoms with Crippen LogP contribution in [-0.2, 0) is 6.54 Å². The molecule has 3 rings (SSSR count). The molecule has 3 nitrogen and oxygen atoms in total. The average Bonchev–Trinajstić information content (AvgIpc) is 2.58. The van der Waals surface area contributed by atoms with Gasteiger partial charge in [0, 0.05) is 27.9 Å². The van der Waals surface area contributed by atoms with Crippen molar-refractivity contribution in [1.82, 2.24) is 4.90 Å². The molecule has 132 valence electrons. The molecule has 1 amide bonds. The van der Waals surface area contributed by atoms with E-state index in [4.69, 9.17) is 0 Å². The number of rotatable bonds is 4. The Bertz CT molecular complexity index is 742. The number of halogens is 1. The molecule has 1 N–H and O–H groups in total. The number of hydrogen-bond donors (Lipinski definition) is 1. The summed E-state index contributed by atoms with van der Waals surface area (Å²) < 4.78 is 1.17. The Hall–Kier alpha value is -1.40. The molecule has 0 aliphatic carbocycles. The largest absolute Gasteiger partial charge is 0.322 e. The van der Waals surface area contributed by atoms with Crippen LogP contribution in [0.4, 0.5) is 5.69 Å². The van der Waals surface area contributed by atoms with Gasteiger partial charge >= 0.3 is 0 Å². The molecule has 1 fully saturated rings. The summed E-state index contributed by atoms with van der Waals surface area (Å²) in [4.78, 5) is 15.0. The lowest BCUT2D eigenvalue weighted by molar-refractivity contribution is 0.102. The first-order valence-corrected chi connectivity index (χ1v) is 9.98. The van der Waals surface area contributed by atoms with Crippen molar-refractivity contribution in [3.05, 3.63) is 62.7 Å². The van der Waals surface area contributed by atoms with Gasteiger partial charge in [-0.25, -0.2) is 0 Å². The Balaban J connectivity index is 1.62. The van der Waals surface area contributed by atoms with Crippen LogP contribution in [0, 0.1) is 16.4 Å². The molecule has 0 unspecified atom stereocenters. The first-order chi connectivity index (χ1) is 12.0. The fourth-order valence-corrected chi connectivity index (χ4v) is 4.06. The number of amides is 1. The van der Waals surface area contributed by atoms with Crippen LogP contribution < -0.4 is 5.32 Å². The predicted molar refractivity (Wildman–Crippen MR) is 112 cm³/mol. The second-order valence-corrected chi connectivity index (χ2v) is 8.34. The normalized spacial score (nSPS) is 18.1. The lowest BCUT2D eigenvalue weighted by atomic mass is 9.99. The third-order valence-corrected chi connectivity index (χ3v) is 5.47. The van der Waals surface area contributed by atoms with E-state index >= 15 is 0 Å². The topological polar surface area (TPSA) is 32.3 Å². The second-order valence-electron chi connectivity index (χ2n) is 7.09. The van der Waals surface area contributed by atoms with Crippen molar-refractivity contribution in [2.24, 2.45) is 5.92 Å².